The lowest BCUT2D eigenvalue weighted by Gasteiger charge is -2.13. The Kier molecular flexibility index (Phi) is 3.76. The molecule has 19 heavy (non-hydrogen) atoms. The fraction of sp³-hybridized carbons (Fsp3) is 0.143. The van der Waals surface area contributed by atoms with Crippen LogP contribution in [0.25, 0.3) is 11.1 Å². The highest BCUT2D eigenvalue weighted by atomic mass is 32.2. The summed E-state index contributed by atoms with van der Waals surface area (Å²) in [5, 5.41) is 0. The van der Waals surface area contributed by atoms with Gasteiger partial charge in [0.1, 0.15) is 0 Å². The van der Waals surface area contributed by atoms with E-state index in [4.69, 9.17) is 8.92 Å². The van der Waals surface area contributed by atoms with E-state index in [9.17, 15) is 8.42 Å². The van der Waals surface area contributed by atoms with Crippen molar-refractivity contribution in [1.82, 2.24) is 0 Å². The van der Waals surface area contributed by atoms with Gasteiger partial charge in [0, 0.05) is 5.56 Å². The fourth-order valence-corrected chi connectivity index (χ4v) is 2.26. The zero-order chi connectivity index (χ0) is 13.9. The Bertz CT molecular complexity index is 663. The van der Waals surface area contributed by atoms with Crippen molar-refractivity contribution in [3.8, 4) is 22.6 Å². The van der Waals surface area contributed by atoms with Crippen LogP contribution in [-0.2, 0) is 10.1 Å². The van der Waals surface area contributed by atoms with Gasteiger partial charge >= 0.3 is 10.1 Å². The number of methoxy groups -OCH3 is 1. The molecule has 100 valence electrons. The van der Waals surface area contributed by atoms with Gasteiger partial charge in [-0.1, -0.05) is 42.5 Å². The maximum absolute atomic E-state index is 11.2. The van der Waals surface area contributed by atoms with E-state index in [1.807, 2.05) is 36.4 Å². The highest BCUT2D eigenvalue weighted by Gasteiger charge is 2.15. The van der Waals surface area contributed by atoms with E-state index in [1.54, 1.807) is 12.1 Å². The highest BCUT2D eigenvalue weighted by Crippen LogP contribution is 2.38. The first-order valence-corrected chi connectivity index (χ1v) is 7.45. The van der Waals surface area contributed by atoms with E-state index in [1.165, 1.54) is 7.11 Å². The van der Waals surface area contributed by atoms with E-state index in [0.717, 1.165) is 17.4 Å². The van der Waals surface area contributed by atoms with Gasteiger partial charge in [-0.25, -0.2) is 0 Å². The van der Waals surface area contributed by atoms with E-state index in [2.05, 4.69) is 0 Å². The molecular weight excluding hydrogens is 264 g/mol. The van der Waals surface area contributed by atoms with Crippen LogP contribution in [0.2, 0.25) is 0 Å². The van der Waals surface area contributed by atoms with Crippen molar-refractivity contribution in [1.29, 1.82) is 0 Å². The Morgan fingerprint density at radius 3 is 2.21 bits per heavy atom. The quantitative estimate of drug-likeness (QED) is 0.807. The third-order valence-corrected chi connectivity index (χ3v) is 2.99. The van der Waals surface area contributed by atoms with E-state index in [0.29, 0.717) is 5.75 Å². The third-order valence-electron chi connectivity index (χ3n) is 2.51. The molecule has 0 spiro atoms. The van der Waals surface area contributed by atoms with Crippen molar-refractivity contribution in [2.24, 2.45) is 0 Å². The summed E-state index contributed by atoms with van der Waals surface area (Å²) in [7, 11) is -2.11. The van der Waals surface area contributed by atoms with Crippen LogP contribution in [0.15, 0.2) is 48.5 Å². The van der Waals surface area contributed by atoms with Crippen LogP contribution >= 0.6 is 0 Å². The van der Waals surface area contributed by atoms with Crippen LogP contribution in [0.5, 0.6) is 11.5 Å². The minimum Gasteiger partial charge on any atom is -0.492 e. The number of rotatable bonds is 4. The SMILES string of the molecule is COc1c(OS(C)(=O)=O)cccc1-c1ccccc1. The minimum absolute atomic E-state index is 0.186. The predicted octanol–water partition coefficient (Wildman–Crippen LogP) is 2.70. The summed E-state index contributed by atoms with van der Waals surface area (Å²) >= 11 is 0. The average Bonchev–Trinajstić information content (AvgIpc) is 2.37. The van der Waals surface area contributed by atoms with Gasteiger partial charge in [0.2, 0.25) is 0 Å². The van der Waals surface area contributed by atoms with Crippen LogP contribution in [0, 0.1) is 0 Å². The van der Waals surface area contributed by atoms with Gasteiger partial charge in [0.15, 0.2) is 11.5 Å². The van der Waals surface area contributed by atoms with Crippen molar-refractivity contribution < 1.29 is 17.3 Å². The second-order valence-electron chi connectivity index (χ2n) is 3.99. The first-order chi connectivity index (χ1) is 9.01. The zero-order valence-electron chi connectivity index (χ0n) is 10.7. The van der Waals surface area contributed by atoms with Crippen LogP contribution < -0.4 is 8.92 Å². The second-order valence-corrected chi connectivity index (χ2v) is 5.57. The summed E-state index contributed by atoms with van der Waals surface area (Å²) in [6.45, 7) is 0. The first-order valence-electron chi connectivity index (χ1n) is 5.63. The maximum Gasteiger partial charge on any atom is 0.306 e. The summed E-state index contributed by atoms with van der Waals surface area (Å²) in [6.07, 6.45) is 1.00. The predicted molar refractivity (Wildman–Crippen MR) is 73.9 cm³/mol. The summed E-state index contributed by atoms with van der Waals surface area (Å²) in [5.41, 5.74) is 1.71. The Hall–Kier alpha value is -2.01. The standard InChI is InChI=1S/C14H14O4S/c1-17-14-12(11-7-4-3-5-8-11)9-6-10-13(14)18-19(2,15)16/h3-10H,1-2H3. The normalized spacial score (nSPS) is 11.1. The second kappa shape index (κ2) is 5.32. The molecule has 5 heteroatoms. The van der Waals surface area contributed by atoms with Gasteiger partial charge in [0.25, 0.3) is 0 Å². The molecular formula is C14H14O4S. The highest BCUT2D eigenvalue weighted by molar-refractivity contribution is 7.86. The number of benzene rings is 2. The minimum atomic E-state index is -3.59. The fourth-order valence-electron chi connectivity index (χ4n) is 1.80. The molecule has 0 amide bonds. The molecule has 0 saturated carbocycles. The van der Waals surface area contributed by atoms with Gasteiger partial charge in [-0.15, -0.1) is 0 Å². The Labute approximate surface area is 112 Å². The molecule has 2 aromatic carbocycles. The topological polar surface area (TPSA) is 52.6 Å². The molecule has 0 aromatic heterocycles. The van der Waals surface area contributed by atoms with Crippen LogP contribution in [-0.4, -0.2) is 21.8 Å². The lowest BCUT2D eigenvalue weighted by Crippen LogP contribution is -2.07. The van der Waals surface area contributed by atoms with Crippen LogP contribution in [0.4, 0.5) is 0 Å². The molecule has 0 aliphatic rings. The molecule has 0 bridgehead atoms. The molecule has 0 aliphatic carbocycles. The molecule has 0 radical (unpaired) electrons. The molecule has 0 heterocycles. The van der Waals surface area contributed by atoms with E-state index >= 15 is 0 Å². The van der Waals surface area contributed by atoms with Gasteiger partial charge in [-0.05, 0) is 11.6 Å². The van der Waals surface area contributed by atoms with Crippen molar-refractivity contribution in [3.05, 3.63) is 48.5 Å². The van der Waals surface area contributed by atoms with E-state index < -0.39 is 10.1 Å². The van der Waals surface area contributed by atoms with Crippen molar-refractivity contribution in [3.63, 3.8) is 0 Å². The van der Waals surface area contributed by atoms with Gasteiger partial charge < -0.3 is 8.92 Å². The zero-order valence-corrected chi connectivity index (χ0v) is 11.5. The van der Waals surface area contributed by atoms with Crippen molar-refractivity contribution in [2.45, 2.75) is 0 Å². The number of ether oxygens (including phenoxy) is 1. The average molecular weight is 278 g/mol. The summed E-state index contributed by atoms with van der Waals surface area (Å²) < 4.78 is 32.7. The maximum atomic E-state index is 11.2. The smallest absolute Gasteiger partial charge is 0.306 e. The van der Waals surface area contributed by atoms with Crippen LogP contribution in [0.1, 0.15) is 0 Å². The van der Waals surface area contributed by atoms with Gasteiger partial charge in [-0.3, -0.25) is 0 Å². The number of hydrogen-bond acceptors (Lipinski definition) is 4. The molecule has 4 nitrogen and oxygen atoms in total. The lowest BCUT2D eigenvalue weighted by atomic mass is 10.0. The summed E-state index contributed by atoms with van der Waals surface area (Å²) in [6, 6.07) is 14.7. The molecule has 0 fully saturated rings. The molecule has 0 atom stereocenters. The molecule has 0 N–H and O–H groups in total. The third kappa shape index (κ3) is 3.26. The monoisotopic (exact) mass is 278 g/mol. The van der Waals surface area contributed by atoms with Crippen molar-refractivity contribution >= 4 is 10.1 Å². The Morgan fingerprint density at radius 1 is 0.947 bits per heavy atom. The van der Waals surface area contributed by atoms with Gasteiger partial charge in [-0.2, -0.15) is 8.42 Å². The largest absolute Gasteiger partial charge is 0.492 e. The van der Waals surface area contributed by atoms with Crippen LogP contribution in [0.3, 0.4) is 0 Å². The van der Waals surface area contributed by atoms with E-state index in [-0.39, 0.29) is 5.75 Å². The Balaban J connectivity index is 2.55. The summed E-state index contributed by atoms with van der Waals surface area (Å²) in [4.78, 5) is 0. The number of hydrogen-bond donors (Lipinski definition) is 0. The lowest BCUT2D eigenvalue weighted by molar-refractivity contribution is 0.393. The Morgan fingerprint density at radius 2 is 1.63 bits per heavy atom. The molecule has 0 aliphatic heterocycles. The van der Waals surface area contributed by atoms with Gasteiger partial charge in [0.05, 0.1) is 13.4 Å². The molecule has 2 aromatic rings. The summed E-state index contributed by atoms with van der Waals surface area (Å²) in [5.74, 6) is 0.588. The first kappa shape index (κ1) is 13.4. The molecule has 0 saturated heterocycles. The van der Waals surface area contributed by atoms with Crippen molar-refractivity contribution in [2.75, 3.05) is 13.4 Å². The molecule has 0 unspecified atom stereocenters. The molecule has 2 rings (SSSR count). The number of para-hydroxylation sites is 1.